The Hall–Kier alpha value is -1.17. The van der Waals surface area contributed by atoms with E-state index in [0.717, 1.165) is 17.5 Å². The van der Waals surface area contributed by atoms with Crippen LogP contribution in [0.5, 0.6) is 0 Å². The Morgan fingerprint density at radius 2 is 2.25 bits per heavy atom. The predicted octanol–water partition coefficient (Wildman–Crippen LogP) is 0.902. The van der Waals surface area contributed by atoms with Crippen molar-refractivity contribution in [2.75, 3.05) is 12.8 Å². The van der Waals surface area contributed by atoms with Gasteiger partial charge in [-0.05, 0) is 25.0 Å². The Bertz CT molecular complexity index is 339. The number of rotatable bonds is 5. The Morgan fingerprint density at radius 1 is 1.56 bits per heavy atom. The van der Waals surface area contributed by atoms with Crippen molar-refractivity contribution < 1.29 is 4.74 Å². The molecular formula is C11H20N4O. The third-order valence-corrected chi connectivity index (χ3v) is 2.68. The van der Waals surface area contributed by atoms with Crippen LogP contribution in [-0.2, 0) is 4.74 Å². The van der Waals surface area contributed by atoms with Gasteiger partial charge in [-0.1, -0.05) is 6.92 Å². The highest BCUT2D eigenvalue weighted by Gasteiger charge is 2.22. The van der Waals surface area contributed by atoms with E-state index in [2.05, 4.69) is 10.4 Å². The van der Waals surface area contributed by atoms with Crippen LogP contribution >= 0.6 is 0 Å². The van der Waals surface area contributed by atoms with E-state index in [-0.39, 0.29) is 12.1 Å². The molecule has 1 aromatic heterocycles. The molecule has 16 heavy (non-hydrogen) atoms. The molecule has 0 radical (unpaired) electrons. The van der Waals surface area contributed by atoms with Crippen LogP contribution in [0, 0.1) is 6.92 Å². The minimum atomic E-state index is -0.137. The normalized spacial score (nSPS) is 14.8. The van der Waals surface area contributed by atoms with Crippen molar-refractivity contribution in [3.8, 4) is 0 Å². The minimum absolute atomic E-state index is 0.0177. The largest absolute Gasteiger partial charge is 0.383 e. The van der Waals surface area contributed by atoms with Gasteiger partial charge in [-0.15, -0.1) is 0 Å². The number of methoxy groups -OCH3 is 1. The molecule has 0 aromatic carbocycles. The molecule has 1 aromatic rings. The van der Waals surface area contributed by atoms with Crippen LogP contribution in [0.4, 0.5) is 5.82 Å². The van der Waals surface area contributed by atoms with E-state index in [0.29, 0.717) is 5.82 Å². The van der Waals surface area contributed by atoms with Crippen LogP contribution in [0.2, 0.25) is 0 Å². The maximum absolute atomic E-state index is 5.85. The molecule has 2 unspecified atom stereocenters. The molecule has 1 rings (SSSR count). The van der Waals surface area contributed by atoms with Crippen molar-refractivity contribution in [2.24, 2.45) is 5.84 Å². The lowest BCUT2D eigenvalue weighted by Crippen LogP contribution is -2.38. The lowest BCUT2D eigenvalue weighted by atomic mass is 9.99. The second kappa shape index (κ2) is 5.79. The number of nitrogens with two attached hydrogens (primary N) is 2. The summed E-state index contributed by atoms with van der Waals surface area (Å²) in [5.74, 6) is 6.05. The molecule has 2 atom stereocenters. The van der Waals surface area contributed by atoms with Crippen LogP contribution in [0.3, 0.4) is 0 Å². The summed E-state index contributed by atoms with van der Waals surface area (Å²) in [6, 6.07) is 1.84. The van der Waals surface area contributed by atoms with Gasteiger partial charge in [0, 0.05) is 18.9 Å². The molecule has 0 aliphatic heterocycles. The first-order valence-corrected chi connectivity index (χ1v) is 5.35. The Balaban J connectivity index is 3.06. The summed E-state index contributed by atoms with van der Waals surface area (Å²) in [6.45, 7) is 4.01. The van der Waals surface area contributed by atoms with Gasteiger partial charge in [0.1, 0.15) is 5.82 Å². The molecular weight excluding hydrogens is 204 g/mol. The van der Waals surface area contributed by atoms with Crippen LogP contribution in [0.25, 0.3) is 0 Å². The molecule has 0 fully saturated rings. The van der Waals surface area contributed by atoms with E-state index < -0.39 is 0 Å². The molecule has 0 aliphatic rings. The van der Waals surface area contributed by atoms with E-state index in [4.69, 9.17) is 16.3 Å². The second-order valence-electron chi connectivity index (χ2n) is 3.81. The van der Waals surface area contributed by atoms with Gasteiger partial charge in [0.25, 0.3) is 0 Å². The van der Waals surface area contributed by atoms with Crippen LogP contribution in [0.15, 0.2) is 12.3 Å². The summed E-state index contributed by atoms with van der Waals surface area (Å²) >= 11 is 0. The zero-order chi connectivity index (χ0) is 12.1. The second-order valence-corrected chi connectivity index (χ2v) is 3.81. The first-order valence-electron chi connectivity index (χ1n) is 5.35. The number of pyridine rings is 1. The fourth-order valence-corrected chi connectivity index (χ4v) is 1.79. The van der Waals surface area contributed by atoms with Crippen LogP contribution in [0.1, 0.15) is 30.5 Å². The lowest BCUT2D eigenvalue weighted by molar-refractivity contribution is 0.0652. The SMILES string of the molecule is CCC(OC)C(NN)c1cc(C)cnc1N. The first kappa shape index (κ1) is 12.9. The van der Waals surface area contributed by atoms with E-state index in [1.54, 1.807) is 13.3 Å². The molecule has 5 nitrogen and oxygen atoms in total. The van der Waals surface area contributed by atoms with Crippen molar-refractivity contribution in [1.82, 2.24) is 10.4 Å². The summed E-state index contributed by atoms with van der Waals surface area (Å²) in [5.41, 5.74) is 10.5. The average Bonchev–Trinajstić information content (AvgIpc) is 2.29. The van der Waals surface area contributed by atoms with Crippen molar-refractivity contribution in [1.29, 1.82) is 0 Å². The molecule has 0 saturated heterocycles. The Labute approximate surface area is 96.2 Å². The quantitative estimate of drug-likeness (QED) is 0.511. The van der Waals surface area contributed by atoms with E-state index in [9.17, 15) is 0 Å². The number of hydrogen-bond donors (Lipinski definition) is 3. The average molecular weight is 224 g/mol. The van der Waals surface area contributed by atoms with Gasteiger partial charge in [-0.25, -0.2) is 4.98 Å². The molecule has 90 valence electrons. The number of hydrazine groups is 1. The zero-order valence-electron chi connectivity index (χ0n) is 10.0. The molecule has 0 saturated carbocycles. The number of anilines is 1. The maximum atomic E-state index is 5.85. The zero-order valence-corrected chi connectivity index (χ0v) is 10.0. The van der Waals surface area contributed by atoms with E-state index in [1.165, 1.54) is 0 Å². The number of nitrogen functional groups attached to an aromatic ring is 1. The van der Waals surface area contributed by atoms with Gasteiger partial charge < -0.3 is 10.5 Å². The molecule has 0 aliphatic carbocycles. The van der Waals surface area contributed by atoms with Crippen LogP contribution in [-0.4, -0.2) is 18.2 Å². The van der Waals surface area contributed by atoms with Gasteiger partial charge >= 0.3 is 0 Å². The Morgan fingerprint density at radius 3 is 2.75 bits per heavy atom. The van der Waals surface area contributed by atoms with Crippen molar-refractivity contribution in [3.05, 3.63) is 23.4 Å². The highest BCUT2D eigenvalue weighted by molar-refractivity contribution is 5.43. The summed E-state index contributed by atoms with van der Waals surface area (Å²) in [6.07, 6.45) is 2.56. The minimum Gasteiger partial charge on any atom is -0.383 e. The summed E-state index contributed by atoms with van der Waals surface area (Å²) in [7, 11) is 1.66. The van der Waals surface area contributed by atoms with Crippen molar-refractivity contribution >= 4 is 5.82 Å². The Kier molecular flexibility index (Phi) is 4.67. The lowest BCUT2D eigenvalue weighted by Gasteiger charge is -2.25. The number of ether oxygens (including phenoxy) is 1. The third-order valence-electron chi connectivity index (χ3n) is 2.68. The predicted molar refractivity (Wildman–Crippen MR) is 64.5 cm³/mol. The fraction of sp³-hybridized carbons (Fsp3) is 0.545. The van der Waals surface area contributed by atoms with Crippen LogP contribution < -0.4 is 17.0 Å². The molecule has 5 N–H and O–H groups in total. The van der Waals surface area contributed by atoms with E-state index >= 15 is 0 Å². The van der Waals surface area contributed by atoms with Gasteiger partial charge in [-0.3, -0.25) is 11.3 Å². The number of aromatic nitrogens is 1. The highest BCUT2D eigenvalue weighted by Crippen LogP contribution is 2.24. The summed E-state index contributed by atoms with van der Waals surface area (Å²) in [5, 5.41) is 0. The highest BCUT2D eigenvalue weighted by atomic mass is 16.5. The number of nitrogens with one attached hydrogen (secondary N) is 1. The van der Waals surface area contributed by atoms with Gasteiger partial charge in [0.05, 0.1) is 12.1 Å². The first-order chi connectivity index (χ1) is 7.63. The molecule has 0 bridgehead atoms. The number of aryl methyl sites for hydroxylation is 1. The maximum Gasteiger partial charge on any atom is 0.128 e. The van der Waals surface area contributed by atoms with Gasteiger partial charge in [0.15, 0.2) is 0 Å². The monoisotopic (exact) mass is 224 g/mol. The topological polar surface area (TPSA) is 86.2 Å². The number of nitrogens with zero attached hydrogens (tertiary/aromatic N) is 1. The fourth-order valence-electron chi connectivity index (χ4n) is 1.79. The smallest absolute Gasteiger partial charge is 0.128 e. The molecule has 0 amide bonds. The van der Waals surface area contributed by atoms with Gasteiger partial charge in [-0.2, -0.15) is 0 Å². The summed E-state index contributed by atoms with van der Waals surface area (Å²) in [4.78, 5) is 4.13. The standard InChI is InChI=1S/C11H20N4O/c1-4-9(16-3)10(15-13)8-5-7(2)6-14-11(8)12/h5-6,9-10,15H,4,13H2,1-3H3,(H2,12,14). The van der Waals surface area contributed by atoms with Crippen molar-refractivity contribution in [2.45, 2.75) is 32.4 Å². The van der Waals surface area contributed by atoms with E-state index in [1.807, 2.05) is 19.9 Å². The molecule has 1 heterocycles. The number of hydrogen-bond acceptors (Lipinski definition) is 5. The summed E-state index contributed by atoms with van der Waals surface area (Å²) < 4.78 is 5.38. The molecule has 0 spiro atoms. The van der Waals surface area contributed by atoms with Crippen molar-refractivity contribution in [3.63, 3.8) is 0 Å². The third kappa shape index (κ3) is 2.69. The van der Waals surface area contributed by atoms with Gasteiger partial charge in [0.2, 0.25) is 0 Å². The molecule has 5 heteroatoms.